The van der Waals surface area contributed by atoms with Crippen LogP contribution in [0.4, 0.5) is 0 Å². The number of amides is 1. The van der Waals surface area contributed by atoms with E-state index in [1.54, 1.807) is 6.08 Å². The molecule has 0 radical (unpaired) electrons. The number of allylic oxidation sites excluding steroid dienone is 3. The lowest BCUT2D eigenvalue weighted by Gasteiger charge is -2.29. The van der Waals surface area contributed by atoms with Gasteiger partial charge in [-0.3, -0.25) is 9.36 Å². The average Bonchev–Trinajstić information content (AvgIpc) is 3.37. The lowest BCUT2D eigenvalue weighted by Crippen LogP contribution is -2.45. The molecular formula is C66H131N2O6P. The van der Waals surface area contributed by atoms with Crippen molar-refractivity contribution in [2.75, 3.05) is 40.9 Å². The fourth-order valence-corrected chi connectivity index (χ4v) is 11.0. The van der Waals surface area contributed by atoms with E-state index in [1.165, 1.54) is 283 Å². The highest BCUT2D eigenvalue weighted by molar-refractivity contribution is 7.45. The van der Waals surface area contributed by atoms with Crippen LogP contribution in [0.2, 0.25) is 0 Å². The Kier molecular flexibility index (Phi) is 56.9. The molecule has 0 saturated heterocycles. The largest absolute Gasteiger partial charge is 0.756 e. The summed E-state index contributed by atoms with van der Waals surface area (Å²) in [6.45, 7) is 4.69. The molecule has 3 atom stereocenters. The van der Waals surface area contributed by atoms with E-state index in [-0.39, 0.29) is 19.1 Å². The van der Waals surface area contributed by atoms with Crippen molar-refractivity contribution in [3.8, 4) is 0 Å². The maximum absolute atomic E-state index is 13.0. The van der Waals surface area contributed by atoms with Crippen molar-refractivity contribution in [3.05, 3.63) is 24.3 Å². The zero-order valence-electron chi connectivity index (χ0n) is 51.0. The molecule has 0 fully saturated rings. The van der Waals surface area contributed by atoms with Crippen LogP contribution < -0.4 is 10.2 Å². The summed E-state index contributed by atoms with van der Waals surface area (Å²) in [5.41, 5.74) is 0. The Morgan fingerprint density at radius 3 is 1.08 bits per heavy atom. The molecule has 9 heteroatoms. The van der Waals surface area contributed by atoms with E-state index < -0.39 is 20.0 Å². The van der Waals surface area contributed by atoms with Crippen LogP contribution in [0.1, 0.15) is 341 Å². The van der Waals surface area contributed by atoms with Crippen LogP contribution in [-0.2, 0) is 18.4 Å². The molecule has 0 aliphatic carbocycles. The van der Waals surface area contributed by atoms with Crippen molar-refractivity contribution in [2.45, 2.75) is 353 Å². The van der Waals surface area contributed by atoms with Crippen molar-refractivity contribution in [1.29, 1.82) is 0 Å². The highest BCUT2D eigenvalue weighted by atomic mass is 31.2. The van der Waals surface area contributed by atoms with Gasteiger partial charge in [-0.2, -0.15) is 0 Å². The van der Waals surface area contributed by atoms with Gasteiger partial charge in [-0.1, -0.05) is 327 Å². The maximum Gasteiger partial charge on any atom is 0.268 e. The molecule has 8 nitrogen and oxygen atoms in total. The Morgan fingerprint density at radius 1 is 0.453 bits per heavy atom. The fraction of sp³-hybridized carbons (Fsp3) is 0.924. The second kappa shape index (κ2) is 57.7. The second-order valence-corrected chi connectivity index (χ2v) is 25.6. The van der Waals surface area contributed by atoms with E-state index >= 15 is 0 Å². The molecule has 2 N–H and O–H groups in total. The number of unbranched alkanes of at least 4 members (excludes halogenated alkanes) is 47. The molecule has 0 aromatic rings. The van der Waals surface area contributed by atoms with Crippen LogP contribution in [0.5, 0.6) is 0 Å². The SMILES string of the molecule is CCCCCCCCCCCCCCCCCC/C=C/CC/C=C/C(O)C(COP(=O)([O-])OCC[N+](C)(C)C)NC(=O)CCCCCCCCCCCCCCCCCCCCCCCCCCCCCCCCC. The van der Waals surface area contributed by atoms with Gasteiger partial charge in [0.05, 0.1) is 39.9 Å². The summed E-state index contributed by atoms with van der Waals surface area (Å²) in [6.07, 6.45) is 74.4. The fourth-order valence-electron chi connectivity index (χ4n) is 10.2. The van der Waals surface area contributed by atoms with E-state index in [0.717, 1.165) is 38.5 Å². The first-order valence-corrected chi connectivity index (χ1v) is 34.7. The molecule has 0 saturated carbocycles. The van der Waals surface area contributed by atoms with Gasteiger partial charge in [-0.25, -0.2) is 0 Å². The smallest absolute Gasteiger partial charge is 0.268 e. The minimum Gasteiger partial charge on any atom is -0.756 e. The number of aliphatic hydroxyl groups is 1. The Morgan fingerprint density at radius 2 is 0.747 bits per heavy atom. The van der Waals surface area contributed by atoms with E-state index in [9.17, 15) is 19.4 Å². The summed E-state index contributed by atoms with van der Waals surface area (Å²) >= 11 is 0. The van der Waals surface area contributed by atoms with Crippen molar-refractivity contribution in [2.24, 2.45) is 0 Å². The van der Waals surface area contributed by atoms with Gasteiger partial charge in [-0.05, 0) is 32.1 Å². The quantitative estimate of drug-likeness (QED) is 0.0272. The zero-order valence-corrected chi connectivity index (χ0v) is 51.9. The Hall–Kier alpha value is -1.02. The third kappa shape index (κ3) is 60.5. The molecule has 0 aromatic heterocycles. The Labute approximate surface area is 468 Å². The number of carbonyl (C=O) groups is 1. The van der Waals surface area contributed by atoms with E-state index in [0.29, 0.717) is 17.4 Å². The van der Waals surface area contributed by atoms with Crippen LogP contribution in [0.15, 0.2) is 24.3 Å². The van der Waals surface area contributed by atoms with Crippen LogP contribution in [0, 0.1) is 0 Å². The first-order valence-electron chi connectivity index (χ1n) is 33.2. The van der Waals surface area contributed by atoms with Gasteiger partial charge in [-0.15, -0.1) is 0 Å². The minimum absolute atomic E-state index is 0.00352. The van der Waals surface area contributed by atoms with Crippen LogP contribution >= 0.6 is 7.82 Å². The molecule has 1 amide bonds. The number of phosphoric acid groups is 1. The van der Waals surface area contributed by atoms with Crippen LogP contribution in [-0.4, -0.2) is 68.5 Å². The normalized spacial score (nSPS) is 13.9. The first-order chi connectivity index (χ1) is 36.5. The van der Waals surface area contributed by atoms with E-state index in [4.69, 9.17) is 9.05 Å². The molecule has 0 aliphatic rings. The highest BCUT2D eigenvalue weighted by Gasteiger charge is 2.23. The van der Waals surface area contributed by atoms with Gasteiger partial charge >= 0.3 is 0 Å². The number of likely N-dealkylation sites (N-methyl/N-ethyl adjacent to an activating group) is 1. The van der Waals surface area contributed by atoms with Gasteiger partial charge in [0, 0.05) is 6.42 Å². The summed E-state index contributed by atoms with van der Waals surface area (Å²) < 4.78 is 23.4. The number of nitrogens with one attached hydrogen (secondary N) is 1. The average molecular weight is 1080 g/mol. The number of nitrogens with zero attached hydrogens (tertiary/aromatic N) is 1. The molecule has 0 aromatic carbocycles. The number of aliphatic hydroxyl groups excluding tert-OH is 1. The lowest BCUT2D eigenvalue weighted by atomic mass is 10.0. The molecule has 75 heavy (non-hydrogen) atoms. The number of quaternary nitrogens is 1. The number of rotatable bonds is 62. The molecule has 446 valence electrons. The summed E-state index contributed by atoms with van der Waals surface area (Å²) in [5.74, 6) is -0.199. The second-order valence-electron chi connectivity index (χ2n) is 24.2. The molecular weight excluding hydrogens is 948 g/mol. The number of carbonyl (C=O) groups excluding carboxylic acids is 1. The predicted octanol–water partition coefficient (Wildman–Crippen LogP) is 20.1. The molecule has 0 spiro atoms. The number of phosphoric ester groups is 1. The lowest BCUT2D eigenvalue weighted by molar-refractivity contribution is -0.870. The molecule has 3 unspecified atom stereocenters. The van der Waals surface area contributed by atoms with Crippen molar-refractivity contribution < 1.29 is 32.9 Å². The van der Waals surface area contributed by atoms with Crippen LogP contribution in [0.25, 0.3) is 0 Å². The van der Waals surface area contributed by atoms with Gasteiger partial charge < -0.3 is 28.8 Å². The van der Waals surface area contributed by atoms with E-state index in [1.807, 2.05) is 27.2 Å². The van der Waals surface area contributed by atoms with Crippen molar-refractivity contribution in [1.82, 2.24) is 5.32 Å². The highest BCUT2D eigenvalue weighted by Crippen LogP contribution is 2.38. The maximum atomic E-state index is 13.0. The number of hydrogen-bond acceptors (Lipinski definition) is 6. The third-order valence-corrected chi connectivity index (χ3v) is 16.4. The van der Waals surface area contributed by atoms with E-state index in [2.05, 4.69) is 31.3 Å². The molecule has 0 heterocycles. The Balaban J connectivity index is 4.07. The van der Waals surface area contributed by atoms with Gasteiger partial charge in [0.1, 0.15) is 13.2 Å². The third-order valence-electron chi connectivity index (χ3n) is 15.4. The molecule has 0 rings (SSSR count). The standard InChI is InChI=1S/C66H131N2O6P/c1-6-8-10-12-14-16-18-20-22-24-26-28-30-31-32-33-34-35-36-37-38-40-42-44-46-48-50-52-54-56-58-60-66(70)67-64(63-74-75(71,72)73-62-61-68(3,4)5)65(69)59-57-55-53-51-49-47-45-43-41-39-29-27-25-23-21-19-17-15-13-11-9-7-2/h49,51,57,59,64-65,69H,6-48,50,52-56,58,60-63H2,1-5H3,(H-,67,70,71,72)/b51-49+,59-57+. The van der Waals surface area contributed by atoms with Crippen molar-refractivity contribution in [3.63, 3.8) is 0 Å². The zero-order chi connectivity index (χ0) is 54.9. The minimum atomic E-state index is -4.61. The summed E-state index contributed by atoms with van der Waals surface area (Å²) in [4.78, 5) is 25.6. The van der Waals surface area contributed by atoms with Gasteiger partial charge in [0.2, 0.25) is 5.91 Å². The summed E-state index contributed by atoms with van der Waals surface area (Å²) in [5, 5.41) is 13.9. The predicted molar refractivity (Wildman–Crippen MR) is 325 cm³/mol. The van der Waals surface area contributed by atoms with Gasteiger partial charge in [0.25, 0.3) is 7.82 Å². The number of hydrogen-bond donors (Lipinski definition) is 2. The van der Waals surface area contributed by atoms with Crippen LogP contribution in [0.3, 0.4) is 0 Å². The Bertz CT molecular complexity index is 1270. The van der Waals surface area contributed by atoms with Gasteiger partial charge in [0.15, 0.2) is 0 Å². The summed E-state index contributed by atoms with van der Waals surface area (Å²) in [7, 11) is 1.26. The molecule has 0 aliphatic heterocycles. The van der Waals surface area contributed by atoms with Crippen molar-refractivity contribution >= 4 is 13.7 Å². The first kappa shape index (κ1) is 74.0. The summed E-state index contributed by atoms with van der Waals surface area (Å²) in [6, 6.07) is -0.901. The molecule has 0 bridgehead atoms. The topological polar surface area (TPSA) is 108 Å². The monoisotopic (exact) mass is 1080 g/mol.